The van der Waals surface area contributed by atoms with Gasteiger partial charge < -0.3 is 29.1 Å². The van der Waals surface area contributed by atoms with E-state index in [9.17, 15) is 14.7 Å². The molecule has 2 aliphatic rings. The summed E-state index contributed by atoms with van der Waals surface area (Å²) in [5.41, 5.74) is 2.06. The van der Waals surface area contributed by atoms with E-state index in [-0.39, 0.29) is 11.3 Å². The van der Waals surface area contributed by atoms with Gasteiger partial charge in [0.05, 0.1) is 31.0 Å². The van der Waals surface area contributed by atoms with Crippen molar-refractivity contribution >= 4 is 23.1 Å². The Morgan fingerprint density at radius 1 is 1.15 bits per heavy atom. The van der Waals surface area contributed by atoms with Gasteiger partial charge in [0, 0.05) is 32.9 Å². The number of hydrogen-bond acceptors (Lipinski definition) is 7. The summed E-state index contributed by atoms with van der Waals surface area (Å²) in [6.07, 6.45) is 0.567. The number of carbonyl (C=O) groups excluding carboxylic acids is 2. The predicted molar refractivity (Wildman–Crippen MR) is 124 cm³/mol. The molecule has 174 valence electrons. The van der Waals surface area contributed by atoms with Gasteiger partial charge in [-0.3, -0.25) is 9.59 Å². The van der Waals surface area contributed by atoms with Crippen LogP contribution in [-0.4, -0.2) is 69.3 Å². The minimum absolute atomic E-state index is 0.0712. The zero-order chi connectivity index (χ0) is 23.5. The Balaban J connectivity index is 1.80. The highest BCUT2D eigenvalue weighted by atomic mass is 16.5. The van der Waals surface area contributed by atoms with Crippen LogP contribution < -0.4 is 14.4 Å². The third-order valence-corrected chi connectivity index (χ3v) is 6.05. The van der Waals surface area contributed by atoms with E-state index < -0.39 is 17.7 Å². The Bertz CT molecular complexity index is 1080. The van der Waals surface area contributed by atoms with E-state index in [2.05, 4.69) is 0 Å². The van der Waals surface area contributed by atoms with Gasteiger partial charge in [0.15, 0.2) is 0 Å². The van der Waals surface area contributed by atoms with Crippen LogP contribution in [0.1, 0.15) is 23.6 Å². The van der Waals surface area contributed by atoms with Crippen LogP contribution in [0.5, 0.6) is 11.5 Å². The van der Waals surface area contributed by atoms with E-state index in [0.717, 1.165) is 5.69 Å². The maximum absolute atomic E-state index is 13.1. The lowest BCUT2D eigenvalue weighted by Crippen LogP contribution is -2.31. The maximum Gasteiger partial charge on any atom is 0.295 e. The van der Waals surface area contributed by atoms with Crippen molar-refractivity contribution < 1.29 is 28.9 Å². The molecule has 4 rings (SSSR count). The Labute approximate surface area is 193 Å². The number of anilines is 1. The van der Waals surface area contributed by atoms with E-state index in [1.165, 1.54) is 4.90 Å². The quantitative estimate of drug-likeness (QED) is 0.299. The number of Topliss-reactive ketones (excluding diaryl/α,β-unsaturated/α-hetero) is 1. The molecular formula is C25H28N2O6. The van der Waals surface area contributed by atoms with Crippen molar-refractivity contribution in [1.29, 1.82) is 0 Å². The number of hydrogen-bond donors (Lipinski definition) is 1. The highest BCUT2D eigenvalue weighted by Crippen LogP contribution is 2.41. The molecule has 8 heteroatoms. The molecule has 1 fully saturated rings. The van der Waals surface area contributed by atoms with E-state index in [1.807, 2.05) is 11.9 Å². The monoisotopic (exact) mass is 452 g/mol. The summed E-state index contributed by atoms with van der Waals surface area (Å²) in [5.74, 6) is -0.162. The fraction of sp³-hybridized carbons (Fsp3) is 0.360. The first-order valence-corrected chi connectivity index (χ1v) is 10.9. The molecule has 0 aromatic heterocycles. The van der Waals surface area contributed by atoms with Crippen molar-refractivity contribution in [1.82, 2.24) is 4.90 Å². The molecular weight excluding hydrogens is 424 g/mol. The van der Waals surface area contributed by atoms with Gasteiger partial charge in [-0.05, 0) is 42.3 Å². The SMILES string of the molecule is COCCCN1C(=O)C(=O)/C(=C(\O)c2ccc3c(c2)N(C)CCO3)C1c1ccc(OC)cc1. The second-order valence-electron chi connectivity index (χ2n) is 8.06. The van der Waals surface area contributed by atoms with Gasteiger partial charge in [-0.1, -0.05) is 12.1 Å². The van der Waals surface area contributed by atoms with Gasteiger partial charge in [-0.25, -0.2) is 0 Å². The maximum atomic E-state index is 13.1. The van der Waals surface area contributed by atoms with Crippen LogP contribution in [0.15, 0.2) is 48.0 Å². The van der Waals surface area contributed by atoms with Crippen molar-refractivity contribution in [3.05, 3.63) is 59.2 Å². The molecule has 0 radical (unpaired) electrons. The molecule has 33 heavy (non-hydrogen) atoms. The standard InChI is InChI=1S/C25H28N2O6/c1-26-12-14-33-20-10-7-17(15-19(20)26)23(28)21-22(16-5-8-18(32-3)9-6-16)27(11-4-13-31-2)25(30)24(21)29/h5-10,15,22,28H,4,11-14H2,1-3H3/b23-21-. The van der Waals surface area contributed by atoms with Gasteiger partial charge in [-0.15, -0.1) is 0 Å². The molecule has 1 saturated heterocycles. The number of aliphatic hydroxyl groups excluding tert-OH is 1. The number of ether oxygens (including phenoxy) is 3. The van der Waals surface area contributed by atoms with Crippen LogP contribution in [-0.2, 0) is 14.3 Å². The molecule has 0 spiro atoms. The lowest BCUT2D eigenvalue weighted by atomic mass is 9.95. The Morgan fingerprint density at radius 2 is 1.91 bits per heavy atom. The third-order valence-electron chi connectivity index (χ3n) is 6.05. The molecule has 1 amide bonds. The second-order valence-corrected chi connectivity index (χ2v) is 8.06. The van der Waals surface area contributed by atoms with E-state index >= 15 is 0 Å². The van der Waals surface area contributed by atoms with Crippen LogP contribution in [0.3, 0.4) is 0 Å². The molecule has 2 heterocycles. The Morgan fingerprint density at radius 3 is 2.61 bits per heavy atom. The summed E-state index contributed by atoms with van der Waals surface area (Å²) in [6, 6.07) is 11.7. The van der Waals surface area contributed by atoms with Crippen molar-refractivity contribution in [2.24, 2.45) is 0 Å². The third kappa shape index (κ3) is 4.26. The molecule has 1 unspecified atom stereocenters. The number of ketones is 1. The summed E-state index contributed by atoms with van der Waals surface area (Å²) in [4.78, 5) is 29.6. The van der Waals surface area contributed by atoms with Crippen LogP contribution in [0, 0.1) is 0 Å². The van der Waals surface area contributed by atoms with Crippen molar-refractivity contribution in [3.63, 3.8) is 0 Å². The van der Waals surface area contributed by atoms with Crippen molar-refractivity contribution in [3.8, 4) is 11.5 Å². The first kappa shape index (κ1) is 22.7. The van der Waals surface area contributed by atoms with Crippen molar-refractivity contribution in [2.45, 2.75) is 12.5 Å². The Kier molecular flexibility index (Phi) is 6.55. The summed E-state index contributed by atoms with van der Waals surface area (Å²) >= 11 is 0. The smallest absolute Gasteiger partial charge is 0.295 e. The first-order chi connectivity index (χ1) is 16.0. The minimum atomic E-state index is -0.710. The van der Waals surface area contributed by atoms with Gasteiger partial charge >= 0.3 is 0 Å². The number of benzene rings is 2. The summed E-state index contributed by atoms with van der Waals surface area (Å²) in [7, 11) is 5.10. The van der Waals surface area contributed by atoms with E-state index in [4.69, 9.17) is 14.2 Å². The number of carbonyl (C=O) groups is 2. The van der Waals surface area contributed by atoms with Crippen LogP contribution >= 0.6 is 0 Å². The molecule has 2 aliphatic heterocycles. The largest absolute Gasteiger partial charge is 0.507 e. The molecule has 2 aromatic carbocycles. The lowest BCUT2D eigenvalue weighted by molar-refractivity contribution is -0.140. The number of amides is 1. The average molecular weight is 453 g/mol. The number of likely N-dealkylation sites (N-methyl/N-ethyl adjacent to an activating group) is 1. The van der Waals surface area contributed by atoms with E-state index in [0.29, 0.717) is 55.4 Å². The van der Waals surface area contributed by atoms with Gasteiger partial charge in [-0.2, -0.15) is 0 Å². The zero-order valence-electron chi connectivity index (χ0n) is 19.0. The van der Waals surface area contributed by atoms with Gasteiger partial charge in [0.2, 0.25) is 0 Å². The summed E-state index contributed by atoms with van der Waals surface area (Å²) < 4.78 is 16.1. The molecule has 1 N–H and O–H groups in total. The Hall–Kier alpha value is -3.52. The molecule has 0 aliphatic carbocycles. The number of methoxy groups -OCH3 is 2. The molecule has 0 saturated carbocycles. The summed E-state index contributed by atoms with van der Waals surface area (Å²) in [5, 5.41) is 11.3. The van der Waals surface area contributed by atoms with Crippen LogP contribution in [0.4, 0.5) is 5.69 Å². The number of aliphatic hydroxyl groups is 1. The van der Waals surface area contributed by atoms with Crippen LogP contribution in [0.25, 0.3) is 5.76 Å². The number of likely N-dealkylation sites (tertiary alicyclic amines) is 1. The topological polar surface area (TPSA) is 88.5 Å². The first-order valence-electron chi connectivity index (χ1n) is 10.9. The fourth-order valence-corrected chi connectivity index (χ4v) is 4.28. The molecule has 0 bridgehead atoms. The second kappa shape index (κ2) is 9.54. The minimum Gasteiger partial charge on any atom is -0.507 e. The van der Waals surface area contributed by atoms with Crippen LogP contribution in [0.2, 0.25) is 0 Å². The molecule has 2 aromatic rings. The number of nitrogens with zero attached hydrogens (tertiary/aromatic N) is 2. The molecule has 8 nitrogen and oxygen atoms in total. The normalized spacial score (nSPS) is 19.4. The number of rotatable bonds is 7. The zero-order valence-corrected chi connectivity index (χ0v) is 19.0. The highest BCUT2D eigenvalue weighted by molar-refractivity contribution is 6.46. The van der Waals surface area contributed by atoms with Gasteiger partial charge in [0.25, 0.3) is 11.7 Å². The summed E-state index contributed by atoms with van der Waals surface area (Å²) in [6.45, 7) is 2.08. The predicted octanol–water partition coefficient (Wildman–Crippen LogP) is 2.98. The van der Waals surface area contributed by atoms with Gasteiger partial charge in [0.1, 0.15) is 23.9 Å². The average Bonchev–Trinajstić information content (AvgIpc) is 3.09. The fourth-order valence-electron chi connectivity index (χ4n) is 4.28. The van der Waals surface area contributed by atoms with Crippen molar-refractivity contribution in [2.75, 3.05) is 52.5 Å². The van der Waals surface area contributed by atoms with E-state index in [1.54, 1.807) is 56.7 Å². The number of fused-ring (bicyclic) bond motifs is 1. The highest BCUT2D eigenvalue weighted by Gasteiger charge is 2.45. The lowest BCUT2D eigenvalue weighted by Gasteiger charge is -2.28. The molecule has 1 atom stereocenters.